The lowest BCUT2D eigenvalue weighted by Crippen LogP contribution is -2.48. The van der Waals surface area contributed by atoms with E-state index in [2.05, 4.69) is 32.1 Å². The van der Waals surface area contributed by atoms with Gasteiger partial charge in [-0.15, -0.1) is 0 Å². The Kier molecular flexibility index (Phi) is 9.81. The summed E-state index contributed by atoms with van der Waals surface area (Å²) in [5, 5.41) is 2.96. The van der Waals surface area contributed by atoms with Crippen LogP contribution in [0, 0.1) is 0 Å². The van der Waals surface area contributed by atoms with Gasteiger partial charge in [-0.3, -0.25) is 19.2 Å². The summed E-state index contributed by atoms with van der Waals surface area (Å²) in [4.78, 5) is 60.9. The highest BCUT2D eigenvalue weighted by Crippen LogP contribution is 2.37. The molecule has 5 atom stereocenters. The number of carbonyl (C=O) groups is 4. The first kappa shape index (κ1) is 35.5. The Labute approximate surface area is 296 Å². The molecular formula is C39H53N5O6. The third-order valence-corrected chi connectivity index (χ3v) is 10.1. The Hall–Kier alpha value is -4.28. The number of ether oxygens (including phenoxy) is 2. The molecule has 0 aliphatic carbocycles. The van der Waals surface area contributed by atoms with E-state index in [1.54, 1.807) is 18.2 Å². The molecule has 0 saturated carbocycles. The number of nitrogens with zero attached hydrogens (tertiary/aromatic N) is 4. The lowest BCUT2D eigenvalue weighted by molar-refractivity contribution is -0.155. The maximum Gasteiger partial charge on any atom is 0.306 e. The molecule has 5 heterocycles. The third kappa shape index (κ3) is 7.87. The number of rotatable bonds is 10. The van der Waals surface area contributed by atoms with Crippen LogP contribution in [0.4, 0.5) is 0 Å². The monoisotopic (exact) mass is 687 g/mol. The van der Waals surface area contributed by atoms with Crippen molar-refractivity contribution in [2.75, 3.05) is 26.2 Å². The second-order valence-electron chi connectivity index (χ2n) is 16.2. The highest BCUT2D eigenvalue weighted by molar-refractivity contribution is 5.93. The van der Waals surface area contributed by atoms with E-state index < -0.39 is 11.2 Å². The van der Waals surface area contributed by atoms with Crippen molar-refractivity contribution in [2.45, 2.75) is 122 Å². The van der Waals surface area contributed by atoms with Crippen LogP contribution in [0.3, 0.4) is 0 Å². The topological polar surface area (TPSA) is 112 Å². The van der Waals surface area contributed by atoms with Crippen molar-refractivity contribution >= 4 is 23.7 Å². The maximum absolute atomic E-state index is 13.9. The molecule has 3 amide bonds. The van der Waals surface area contributed by atoms with Gasteiger partial charge < -0.3 is 34.4 Å². The van der Waals surface area contributed by atoms with Crippen molar-refractivity contribution in [2.24, 2.45) is 0 Å². The van der Waals surface area contributed by atoms with E-state index in [1.165, 1.54) is 0 Å². The lowest BCUT2D eigenvalue weighted by Gasteiger charge is -2.37. The predicted molar refractivity (Wildman–Crippen MR) is 189 cm³/mol. The van der Waals surface area contributed by atoms with Crippen molar-refractivity contribution in [1.82, 2.24) is 24.9 Å². The number of amides is 3. The molecule has 270 valence electrons. The van der Waals surface area contributed by atoms with E-state index in [0.29, 0.717) is 38.2 Å². The zero-order chi connectivity index (χ0) is 36.0. The summed E-state index contributed by atoms with van der Waals surface area (Å²) in [6, 6.07) is 9.58. The van der Waals surface area contributed by atoms with Crippen LogP contribution in [0.2, 0.25) is 0 Å². The molecule has 1 aromatic rings. The number of esters is 1. The van der Waals surface area contributed by atoms with Gasteiger partial charge in [-0.25, -0.2) is 0 Å². The molecule has 2 saturated heterocycles. The molecule has 0 bridgehead atoms. The van der Waals surface area contributed by atoms with Crippen LogP contribution in [0.1, 0.15) is 79.7 Å². The summed E-state index contributed by atoms with van der Waals surface area (Å²) in [6.07, 6.45) is 7.88. The van der Waals surface area contributed by atoms with Crippen LogP contribution in [0.15, 0.2) is 65.7 Å². The van der Waals surface area contributed by atoms with Gasteiger partial charge in [0, 0.05) is 62.2 Å². The molecule has 2 fully saturated rings. The second-order valence-corrected chi connectivity index (χ2v) is 16.2. The Morgan fingerprint density at radius 1 is 0.800 bits per heavy atom. The minimum atomic E-state index is -0.593. The minimum absolute atomic E-state index is 0.00543. The van der Waals surface area contributed by atoms with E-state index in [4.69, 9.17) is 9.47 Å². The molecule has 0 spiro atoms. The van der Waals surface area contributed by atoms with E-state index >= 15 is 0 Å². The lowest BCUT2D eigenvalue weighted by atomic mass is 10.0. The van der Waals surface area contributed by atoms with Crippen molar-refractivity contribution in [3.8, 4) is 0 Å². The Bertz CT molecular complexity index is 1590. The third-order valence-electron chi connectivity index (χ3n) is 10.1. The molecule has 1 aromatic carbocycles. The maximum atomic E-state index is 13.9. The first-order chi connectivity index (χ1) is 23.6. The van der Waals surface area contributed by atoms with Crippen LogP contribution >= 0.6 is 0 Å². The number of benzene rings is 1. The Balaban J connectivity index is 1.20. The van der Waals surface area contributed by atoms with E-state index in [-0.39, 0.29) is 60.3 Å². The fourth-order valence-electron chi connectivity index (χ4n) is 8.13. The van der Waals surface area contributed by atoms with Crippen molar-refractivity contribution in [3.63, 3.8) is 0 Å². The van der Waals surface area contributed by atoms with Gasteiger partial charge in [-0.2, -0.15) is 0 Å². The summed E-state index contributed by atoms with van der Waals surface area (Å²) < 4.78 is 11.9. The molecule has 0 unspecified atom stereocenters. The van der Waals surface area contributed by atoms with Crippen molar-refractivity contribution in [3.05, 3.63) is 71.3 Å². The van der Waals surface area contributed by atoms with Gasteiger partial charge in [-0.05, 0) is 79.7 Å². The highest BCUT2D eigenvalue weighted by Gasteiger charge is 2.47. The largest absolute Gasteiger partial charge is 0.490 e. The summed E-state index contributed by atoms with van der Waals surface area (Å²) in [6.45, 7) is 16.2. The molecule has 5 aliphatic rings. The summed E-state index contributed by atoms with van der Waals surface area (Å²) in [5.74, 6) is 0.110. The summed E-state index contributed by atoms with van der Waals surface area (Å²) >= 11 is 0. The van der Waals surface area contributed by atoms with Crippen molar-refractivity contribution < 1.29 is 28.7 Å². The highest BCUT2D eigenvalue weighted by atomic mass is 16.6. The number of hydrogen-bond acceptors (Lipinski definition) is 8. The molecule has 1 N–H and O–H groups in total. The van der Waals surface area contributed by atoms with Gasteiger partial charge >= 0.3 is 5.97 Å². The minimum Gasteiger partial charge on any atom is -0.490 e. The summed E-state index contributed by atoms with van der Waals surface area (Å²) in [5.41, 5.74) is 2.02. The quantitative estimate of drug-likeness (QED) is 0.369. The van der Waals surface area contributed by atoms with Gasteiger partial charge in [-0.1, -0.05) is 30.3 Å². The van der Waals surface area contributed by atoms with Crippen LogP contribution in [0.5, 0.6) is 0 Å². The molecule has 0 radical (unpaired) electrons. The number of likely N-dealkylation sites (tertiary alicyclic amines) is 2. The molecule has 5 aliphatic heterocycles. The Morgan fingerprint density at radius 3 is 1.98 bits per heavy atom. The Morgan fingerprint density at radius 2 is 1.40 bits per heavy atom. The van der Waals surface area contributed by atoms with Crippen LogP contribution < -0.4 is 5.32 Å². The van der Waals surface area contributed by atoms with E-state index in [9.17, 15) is 19.2 Å². The van der Waals surface area contributed by atoms with Gasteiger partial charge in [0.05, 0.1) is 30.2 Å². The van der Waals surface area contributed by atoms with Gasteiger partial charge in [0.2, 0.25) is 11.8 Å². The fourth-order valence-corrected chi connectivity index (χ4v) is 8.13. The average molecular weight is 688 g/mol. The SMILES string of the molecule is C[C@@H]1NC(=O)C=C1N1CC[C@H](N2C(=O)C=C(N3CC[C@H](N4C(=O)C=C(OC(C)(C)C)[C@@H]4CCC(=O)OC(C)(C)C)C3)[C@@H]2Cc2ccccc2)C1. The zero-order valence-electron chi connectivity index (χ0n) is 30.6. The first-order valence-corrected chi connectivity index (χ1v) is 18.1. The molecule has 11 heteroatoms. The summed E-state index contributed by atoms with van der Waals surface area (Å²) in [7, 11) is 0. The van der Waals surface area contributed by atoms with Gasteiger partial charge in [0.1, 0.15) is 17.0 Å². The van der Waals surface area contributed by atoms with Crippen LogP contribution in [-0.4, -0.2) is 111 Å². The average Bonchev–Trinajstić information content (AvgIpc) is 3.83. The number of carbonyl (C=O) groups excluding carboxylic acids is 4. The molecule has 0 aromatic heterocycles. The first-order valence-electron chi connectivity index (χ1n) is 18.1. The molecule has 6 rings (SSSR count). The smallest absolute Gasteiger partial charge is 0.306 e. The van der Waals surface area contributed by atoms with E-state index in [1.807, 2.05) is 71.6 Å². The van der Waals surface area contributed by atoms with E-state index in [0.717, 1.165) is 36.3 Å². The second kappa shape index (κ2) is 13.8. The zero-order valence-corrected chi connectivity index (χ0v) is 30.6. The fraction of sp³-hybridized carbons (Fsp3) is 0.590. The molecule has 11 nitrogen and oxygen atoms in total. The predicted octanol–water partition coefficient (Wildman–Crippen LogP) is 3.91. The number of nitrogens with one attached hydrogen (secondary N) is 1. The van der Waals surface area contributed by atoms with Crippen LogP contribution in [-0.2, 0) is 35.1 Å². The van der Waals surface area contributed by atoms with Crippen LogP contribution in [0.25, 0.3) is 0 Å². The number of hydrogen-bond donors (Lipinski definition) is 1. The normalized spacial score (nSPS) is 27.2. The molecule has 50 heavy (non-hydrogen) atoms. The van der Waals surface area contributed by atoms with Crippen molar-refractivity contribution in [1.29, 1.82) is 0 Å². The van der Waals surface area contributed by atoms with Gasteiger partial charge in [0.25, 0.3) is 5.91 Å². The van der Waals surface area contributed by atoms with Gasteiger partial charge in [0.15, 0.2) is 0 Å². The standard InChI is InChI=1S/C39H53N5O6/c1-25-30(20-34(45)40-25)41-17-15-28(23-41)44-32(19-26-11-9-8-10-12-26)31(21-35(44)46)42-18-16-27(24-42)43-29(13-14-37(48)50-39(5,6)7)33(22-36(43)47)49-38(2,3)4/h8-12,20-22,25,27-29,32H,13-19,23-24H2,1-7H3,(H,40,45)/t25-,27-,28-,29-,32-/m0/s1. The molecular weight excluding hydrogens is 634 g/mol.